The molecule has 0 heterocycles. The van der Waals surface area contributed by atoms with Crippen LogP contribution in [0.25, 0.3) is 0 Å². The maximum Gasteiger partial charge on any atom is 0.255 e. The first-order chi connectivity index (χ1) is 9.95. The molecule has 0 fully saturated rings. The van der Waals surface area contributed by atoms with E-state index in [1.165, 1.54) is 5.56 Å². The molecule has 0 atom stereocenters. The van der Waals surface area contributed by atoms with Crippen LogP contribution in [0.3, 0.4) is 0 Å². The average molecular weight is 347 g/mol. The largest absolute Gasteiger partial charge is 0.322 e. The highest BCUT2D eigenvalue weighted by Gasteiger charge is 2.09. The molecule has 0 unspecified atom stereocenters. The van der Waals surface area contributed by atoms with E-state index in [0.29, 0.717) is 5.56 Å². The third-order valence-corrected chi connectivity index (χ3v) is 3.61. The van der Waals surface area contributed by atoms with Gasteiger partial charge in [-0.3, -0.25) is 4.79 Å². The molecule has 2 rings (SSSR count). The minimum Gasteiger partial charge on any atom is -0.322 e. The Kier molecular flexibility index (Phi) is 5.15. The van der Waals surface area contributed by atoms with Crippen molar-refractivity contribution in [3.63, 3.8) is 0 Å². The van der Waals surface area contributed by atoms with E-state index in [4.69, 9.17) is 0 Å². The van der Waals surface area contributed by atoms with Crippen molar-refractivity contribution in [1.82, 2.24) is 4.90 Å². The van der Waals surface area contributed by atoms with Gasteiger partial charge in [-0.05, 0) is 62.5 Å². The third kappa shape index (κ3) is 4.41. The van der Waals surface area contributed by atoms with Crippen molar-refractivity contribution in [2.75, 3.05) is 19.4 Å². The van der Waals surface area contributed by atoms with Crippen LogP contribution in [0.1, 0.15) is 21.5 Å². The Labute approximate surface area is 134 Å². The highest BCUT2D eigenvalue weighted by atomic mass is 79.9. The van der Waals surface area contributed by atoms with Gasteiger partial charge in [0.05, 0.1) is 0 Å². The first-order valence-electron chi connectivity index (χ1n) is 6.77. The lowest BCUT2D eigenvalue weighted by Crippen LogP contribution is -2.14. The van der Waals surface area contributed by atoms with E-state index in [0.717, 1.165) is 22.3 Å². The highest BCUT2D eigenvalue weighted by Crippen LogP contribution is 2.18. The molecular formula is C17H19BrN2O. The van der Waals surface area contributed by atoms with Crippen LogP contribution in [0.5, 0.6) is 0 Å². The van der Waals surface area contributed by atoms with Crippen LogP contribution >= 0.6 is 15.9 Å². The molecule has 110 valence electrons. The Morgan fingerprint density at radius 3 is 2.62 bits per heavy atom. The lowest BCUT2D eigenvalue weighted by molar-refractivity contribution is 0.102. The van der Waals surface area contributed by atoms with E-state index in [2.05, 4.69) is 32.2 Å². The van der Waals surface area contributed by atoms with Gasteiger partial charge in [0.15, 0.2) is 0 Å². The summed E-state index contributed by atoms with van der Waals surface area (Å²) in [5, 5.41) is 2.96. The summed E-state index contributed by atoms with van der Waals surface area (Å²) in [5.74, 6) is -0.0815. The topological polar surface area (TPSA) is 32.3 Å². The number of rotatable bonds is 4. The monoisotopic (exact) mass is 346 g/mol. The number of anilines is 1. The fourth-order valence-corrected chi connectivity index (χ4v) is 2.67. The van der Waals surface area contributed by atoms with Crippen molar-refractivity contribution in [2.45, 2.75) is 13.5 Å². The Balaban J connectivity index is 2.15. The predicted molar refractivity (Wildman–Crippen MR) is 90.7 cm³/mol. The molecule has 0 aliphatic heterocycles. The van der Waals surface area contributed by atoms with Gasteiger partial charge in [-0.15, -0.1) is 0 Å². The molecule has 2 aromatic rings. The van der Waals surface area contributed by atoms with Gasteiger partial charge in [0.2, 0.25) is 0 Å². The summed E-state index contributed by atoms with van der Waals surface area (Å²) < 4.78 is 0.976. The van der Waals surface area contributed by atoms with Gasteiger partial charge in [-0.2, -0.15) is 0 Å². The number of halogens is 1. The molecule has 0 aliphatic rings. The number of amides is 1. The summed E-state index contributed by atoms with van der Waals surface area (Å²) in [7, 11) is 4.05. The van der Waals surface area contributed by atoms with Gasteiger partial charge < -0.3 is 10.2 Å². The first kappa shape index (κ1) is 15.7. The van der Waals surface area contributed by atoms with Crippen molar-refractivity contribution in [2.24, 2.45) is 0 Å². The lowest BCUT2D eigenvalue weighted by Gasteiger charge is -2.12. The van der Waals surface area contributed by atoms with Gasteiger partial charge >= 0.3 is 0 Å². The second-order valence-corrected chi connectivity index (χ2v) is 6.27. The molecule has 0 spiro atoms. The van der Waals surface area contributed by atoms with E-state index >= 15 is 0 Å². The molecule has 0 aromatic heterocycles. The maximum absolute atomic E-state index is 12.3. The molecule has 2 aromatic carbocycles. The molecule has 3 nitrogen and oxygen atoms in total. The van der Waals surface area contributed by atoms with E-state index in [-0.39, 0.29) is 5.91 Å². The van der Waals surface area contributed by atoms with E-state index < -0.39 is 0 Å². The number of aryl methyl sites for hydroxylation is 1. The minimum absolute atomic E-state index is 0.0815. The second kappa shape index (κ2) is 6.87. The van der Waals surface area contributed by atoms with Crippen LogP contribution in [-0.4, -0.2) is 24.9 Å². The number of carbonyl (C=O) groups is 1. The van der Waals surface area contributed by atoms with E-state index in [9.17, 15) is 4.79 Å². The second-order valence-electron chi connectivity index (χ2n) is 5.35. The SMILES string of the molecule is Cc1cc(Br)ccc1C(=O)Nc1cccc(CN(C)C)c1. The van der Waals surface area contributed by atoms with Crippen LogP contribution in [0.4, 0.5) is 5.69 Å². The molecule has 0 aliphatic carbocycles. The molecule has 1 N–H and O–H groups in total. The van der Waals surface area contributed by atoms with Gasteiger partial charge in [0.25, 0.3) is 5.91 Å². The number of benzene rings is 2. The number of carbonyl (C=O) groups excluding carboxylic acids is 1. The molecule has 0 saturated carbocycles. The fraction of sp³-hybridized carbons (Fsp3) is 0.235. The molecule has 0 radical (unpaired) electrons. The van der Waals surface area contributed by atoms with Crippen LogP contribution in [-0.2, 0) is 6.54 Å². The third-order valence-electron chi connectivity index (χ3n) is 3.12. The van der Waals surface area contributed by atoms with Gasteiger partial charge in [0.1, 0.15) is 0 Å². The van der Waals surface area contributed by atoms with Crippen LogP contribution < -0.4 is 5.32 Å². The van der Waals surface area contributed by atoms with Gasteiger partial charge in [-0.25, -0.2) is 0 Å². The van der Waals surface area contributed by atoms with Crippen LogP contribution in [0.2, 0.25) is 0 Å². The Hall–Kier alpha value is -1.65. The number of hydrogen-bond acceptors (Lipinski definition) is 2. The number of nitrogens with one attached hydrogen (secondary N) is 1. The van der Waals surface area contributed by atoms with Gasteiger partial charge in [-0.1, -0.05) is 28.1 Å². The summed E-state index contributed by atoms with van der Waals surface area (Å²) in [6, 6.07) is 13.6. The summed E-state index contributed by atoms with van der Waals surface area (Å²) in [6.07, 6.45) is 0. The Morgan fingerprint density at radius 1 is 1.19 bits per heavy atom. The standard InChI is InChI=1S/C17H19BrN2O/c1-12-9-14(18)7-8-16(12)17(21)19-15-6-4-5-13(10-15)11-20(2)3/h4-10H,11H2,1-3H3,(H,19,21). The molecule has 0 saturated heterocycles. The predicted octanol–water partition coefficient (Wildman–Crippen LogP) is 4.07. The Bertz CT molecular complexity index is 653. The first-order valence-corrected chi connectivity index (χ1v) is 7.56. The van der Waals surface area contributed by atoms with Gasteiger partial charge in [0, 0.05) is 22.3 Å². The van der Waals surface area contributed by atoms with Crippen molar-refractivity contribution in [3.8, 4) is 0 Å². The summed E-state index contributed by atoms with van der Waals surface area (Å²) in [4.78, 5) is 14.4. The molecule has 1 amide bonds. The summed E-state index contributed by atoms with van der Waals surface area (Å²) in [6.45, 7) is 2.78. The van der Waals surface area contributed by atoms with E-state index in [1.807, 2.05) is 57.4 Å². The van der Waals surface area contributed by atoms with Crippen molar-refractivity contribution in [3.05, 3.63) is 63.6 Å². The van der Waals surface area contributed by atoms with E-state index in [1.54, 1.807) is 0 Å². The molecule has 21 heavy (non-hydrogen) atoms. The zero-order valence-corrected chi connectivity index (χ0v) is 14.1. The molecular weight excluding hydrogens is 328 g/mol. The highest BCUT2D eigenvalue weighted by molar-refractivity contribution is 9.10. The van der Waals surface area contributed by atoms with Crippen molar-refractivity contribution < 1.29 is 4.79 Å². The van der Waals surface area contributed by atoms with Crippen LogP contribution in [0.15, 0.2) is 46.9 Å². The molecule has 0 bridgehead atoms. The van der Waals surface area contributed by atoms with Crippen molar-refractivity contribution >= 4 is 27.5 Å². The summed E-state index contributed by atoms with van der Waals surface area (Å²) in [5.41, 5.74) is 3.63. The number of hydrogen-bond donors (Lipinski definition) is 1. The summed E-state index contributed by atoms with van der Waals surface area (Å²) >= 11 is 3.41. The lowest BCUT2D eigenvalue weighted by atomic mass is 10.1. The maximum atomic E-state index is 12.3. The fourth-order valence-electron chi connectivity index (χ4n) is 2.19. The minimum atomic E-state index is -0.0815. The smallest absolute Gasteiger partial charge is 0.255 e. The van der Waals surface area contributed by atoms with Crippen molar-refractivity contribution in [1.29, 1.82) is 0 Å². The quantitative estimate of drug-likeness (QED) is 0.904. The molecule has 4 heteroatoms. The zero-order chi connectivity index (χ0) is 15.4. The Morgan fingerprint density at radius 2 is 1.95 bits per heavy atom. The number of nitrogens with zero attached hydrogens (tertiary/aromatic N) is 1. The van der Waals surface area contributed by atoms with Crippen LogP contribution in [0, 0.1) is 6.92 Å². The average Bonchev–Trinajstić information content (AvgIpc) is 2.37. The zero-order valence-electron chi connectivity index (χ0n) is 12.5. The normalized spacial score (nSPS) is 10.7.